The van der Waals surface area contributed by atoms with Crippen molar-refractivity contribution in [2.24, 2.45) is 0 Å². The molecule has 2 heterocycles. The average Bonchev–Trinajstić information content (AvgIpc) is 3.15. The van der Waals surface area contributed by atoms with E-state index in [1.165, 1.54) is 15.6 Å². The van der Waals surface area contributed by atoms with Crippen molar-refractivity contribution >= 4 is 17.1 Å². The molecule has 0 bridgehead atoms. The van der Waals surface area contributed by atoms with E-state index in [0.717, 1.165) is 12.8 Å². The Bertz CT molecular complexity index is 1010. The zero-order chi connectivity index (χ0) is 20.1. The highest BCUT2D eigenvalue weighted by Gasteiger charge is 2.17. The van der Waals surface area contributed by atoms with Gasteiger partial charge in [0.05, 0.1) is 12.8 Å². The van der Waals surface area contributed by atoms with Gasteiger partial charge in [-0.05, 0) is 37.6 Å². The number of benzene rings is 1. The first-order chi connectivity index (χ1) is 13.6. The standard InChI is InChI=1S/C19H24N6O3/c1-4-6-11-23(5-2)16(26)12-24-13-20-18-17(19(24)27)21-22-25(18)14-7-9-15(28-3)10-8-14/h7-10,13H,4-6,11-12H2,1-3H3. The normalized spacial score (nSPS) is 11.0. The zero-order valence-electron chi connectivity index (χ0n) is 16.3. The van der Waals surface area contributed by atoms with Crippen LogP contribution in [-0.2, 0) is 11.3 Å². The number of hydrogen-bond donors (Lipinski definition) is 0. The molecular weight excluding hydrogens is 360 g/mol. The van der Waals surface area contributed by atoms with Crippen LogP contribution in [0.4, 0.5) is 0 Å². The maximum absolute atomic E-state index is 12.8. The smallest absolute Gasteiger partial charge is 0.284 e. The van der Waals surface area contributed by atoms with Gasteiger partial charge in [-0.3, -0.25) is 14.2 Å². The first kappa shape index (κ1) is 19.5. The van der Waals surface area contributed by atoms with Gasteiger partial charge >= 0.3 is 0 Å². The number of carbonyl (C=O) groups excluding carboxylic acids is 1. The molecule has 9 nitrogen and oxygen atoms in total. The fraction of sp³-hybridized carbons (Fsp3) is 0.421. The number of aromatic nitrogens is 5. The number of carbonyl (C=O) groups is 1. The van der Waals surface area contributed by atoms with Crippen LogP contribution >= 0.6 is 0 Å². The summed E-state index contributed by atoms with van der Waals surface area (Å²) in [5.41, 5.74) is 0.797. The molecule has 28 heavy (non-hydrogen) atoms. The van der Waals surface area contributed by atoms with Crippen molar-refractivity contribution in [2.45, 2.75) is 33.2 Å². The van der Waals surface area contributed by atoms with E-state index in [-0.39, 0.29) is 23.5 Å². The topological polar surface area (TPSA) is 95.1 Å². The molecule has 0 radical (unpaired) electrons. The molecule has 3 aromatic rings. The Morgan fingerprint density at radius 3 is 2.61 bits per heavy atom. The second kappa shape index (κ2) is 8.64. The van der Waals surface area contributed by atoms with Crippen LogP contribution in [0.15, 0.2) is 35.4 Å². The molecule has 0 aliphatic carbocycles. The minimum absolute atomic E-state index is 0.0608. The molecule has 0 aliphatic rings. The van der Waals surface area contributed by atoms with Crippen LogP contribution in [0.25, 0.3) is 16.9 Å². The van der Waals surface area contributed by atoms with E-state index in [9.17, 15) is 9.59 Å². The largest absolute Gasteiger partial charge is 0.497 e. The van der Waals surface area contributed by atoms with Crippen LogP contribution in [0.1, 0.15) is 26.7 Å². The molecule has 3 rings (SSSR count). The third kappa shape index (κ3) is 3.88. The summed E-state index contributed by atoms with van der Waals surface area (Å²) in [6, 6.07) is 7.18. The number of unbranched alkanes of at least 4 members (excludes halogenated alkanes) is 1. The number of amides is 1. The van der Waals surface area contributed by atoms with Gasteiger partial charge in [-0.2, -0.15) is 4.68 Å². The van der Waals surface area contributed by atoms with Gasteiger partial charge in [0.15, 0.2) is 11.2 Å². The minimum Gasteiger partial charge on any atom is -0.497 e. The molecule has 0 spiro atoms. The number of likely N-dealkylation sites (N-methyl/N-ethyl adjacent to an activating group) is 1. The van der Waals surface area contributed by atoms with Crippen LogP contribution in [0.2, 0.25) is 0 Å². The Kier molecular flexibility index (Phi) is 6.03. The van der Waals surface area contributed by atoms with Crippen molar-refractivity contribution in [1.82, 2.24) is 29.4 Å². The summed E-state index contributed by atoms with van der Waals surface area (Å²) in [6.45, 7) is 5.24. The number of ether oxygens (including phenoxy) is 1. The Hall–Kier alpha value is -3.23. The van der Waals surface area contributed by atoms with E-state index in [0.29, 0.717) is 30.2 Å². The second-order valence-electron chi connectivity index (χ2n) is 6.38. The average molecular weight is 384 g/mol. The third-order valence-corrected chi connectivity index (χ3v) is 4.57. The zero-order valence-corrected chi connectivity index (χ0v) is 16.3. The first-order valence-corrected chi connectivity index (χ1v) is 9.32. The fourth-order valence-electron chi connectivity index (χ4n) is 2.91. The number of rotatable bonds is 8. The number of nitrogens with zero attached hydrogens (tertiary/aromatic N) is 6. The molecule has 1 aromatic carbocycles. The molecule has 0 unspecified atom stereocenters. The highest BCUT2D eigenvalue weighted by molar-refractivity contribution is 5.76. The molecule has 0 N–H and O–H groups in total. The predicted molar refractivity (Wildman–Crippen MR) is 105 cm³/mol. The third-order valence-electron chi connectivity index (χ3n) is 4.57. The van der Waals surface area contributed by atoms with Gasteiger partial charge in [0.25, 0.3) is 5.56 Å². The van der Waals surface area contributed by atoms with E-state index >= 15 is 0 Å². The Balaban J connectivity index is 1.88. The van der Waals surface area contributed by atoms with E-state index in [4.69, 9.17) is 4.74 Å². The summed E-state index contributed by atoms with van der Waals surface area (Å²) in [5, 5.41) is 8.03. The summed E-state index contributed by atoms with van der Waals surface area (Å²) in [6.07, 6.45) is 3.31. The van der Waals surface area contributed by atoms with E-state index < -0.39 is 0 Å². The number of hydrogen-bond acceptors (Lipinski definition) is 6. The summed E-state index contributed by atoms with van der Waals surface area (Å²) in [5.74, 6) is 0.604. The minimum atomic E-state index is -0.385. The van der Waals surface area contributed by atoms with Crippen LogP contribution < -0.4 is 10.3 Å². The van der Waals surface area contributed by atoms with Gasteiger partial charge in [0, 0.05) is 13.1 Å². The van der Waals surface area contributed by atoms with Crippen molar-refractivity contribution in [2.75, 3.05) is 20.2 Å². The Morgan fingerprint density at radius 1 is 1.21 bits per heavy atom. The second-order valence-corrected chi connectivity index (χ2v) is 6.38. The molecular formula is C19H24N6O3. The molecule has 0 fully saturated rings. The Labute approximate surface area is 162 Å². The molecule has 0 atom stereocenters. The lowest BCUT2D eigenvalue weighted by atomic mass is 10.3. The maximum Gasteiger partial charge on any atom is 0.284 e. The highest BCUT2D eigenvalue weighted by atomic mass is 16.5. The van der Waals surface area contributed by atoms with Crippen LogP contribution in [-0.4, -0.2) is 55.6 Å². The van der Waals surface area contributed by atoms with E-state index in [1.807, 2.05) is 6.92 Å². The molecule has 2 aromatic heterocycles. The van der Waals surface area contributed by atoms with Gasteiger partial charge in [0.1, 0.15) is 18.6 Å². The quantitative estimate of drug-likeness (QED) is 0.586. The summed E-state index contributed by atoms with van der Waals surface area (Å²) in [4.78, 5) is 31.3. The fourth-order valence-corrected chi connectivity index (χ4v) is 2.91. The molecule has 0 saturated carbocycles. The summed E-state index contributed by atoms with van der Waals surface area (Å²) >= 11 is 0. The van der Waals surface area contributed by atoms with Crippen molar-refractivity contribution in [3.05, 3.63) is 40.9 Å². The molecule has 148 valence electrons. The van der Waals surface area contributed by atoms with Crippen LogP contribution in [0, 0.1) is 0 Å². The van der Waals surface area contributed by atoms with Crippen LogP contribution in [0.5, 0.6) is 5.75 Å². The van der Waals surface area contributed by atoms with Crippen molar-refractivity contribution in [1.29, 1.82) is 0 Å². The molecule has 0 aliphatic heterocycles. The lowest BCUT2D eigenvalue weighted by molar-refractivity contribution is -0.131. The van der Waals surface area contributed by atoms with Gasteiger partial charge < -0.3 is 9.64 Å². The van der Waals surface area contributed by atoms with Crippen molar-refractivity contribution in [3.8, 4) is 11.4 Å². The maximum atomic E-state index is 12.8. The van der Waals surface area contributed by atoms with E-state index in [1.54, 1.807) is 36.3 Å². The summed E-state index contributed by atoms with van der Waals surface area (Å²) in [7, 11) is 1.59. The summed E-state index contributed by atoms with van der Waals surface area (Å²) < 4.78 is 7.92. The Morgan fingerprint density at radius 2 is 1.96 bits per heavy atom. The van der Waals surface area contributed by atoms with E-state index in [2.05, 4.69) is 22.2 Å². The highest BCUT2D eigenvalue weighted by Crippen LogP contribution is 2.16. The van der Waals surface area contributed by atoms with Crippen molar-refractivity contribution in [3.63, 3.8) is 0 Å². The van der Waals surface area contributed by atoms with Gasteiger partial charge in [-0.15, -0.1) is 5.10 Å². The van der Waals surface area contributed by atoms with Crippen LogP contribution in [0.3, 0.4) is 0 Å². The number of methoxy groups -OCH3 is 1. The molecule has 9 heteroatoms. The SMILES string of the molecule is CCCCN(CC)C(=O)Cn1cnc2c(nnn2-c2ccc(OC)cc2)c1=O. The van der Waals surface area contributed by atoms with Gasteiger partial charge in [-0.1, -0.05) is 18.6 Å². The first-order valence-electron chi connectivity index (χ1n) is 9.32. The van der Waals surface area contributed by atoms with Gasteiger partial charge in [0.2, 0.25) is 5.91 Å². The monoisotopic (exact) mass is 384 g/mol. The number of fused-ring (bicyclic) bond motifs is 1. The molecule has 1 amide bonds. The van der Waals surface area contributed by atoms with Gasteiger partial charge in [-0.25, -0.2) is 4.98 Å². The lowest BCUT2D eigenvalue weighted by Gasteiger charge is -2.20. The predicted octanol–water partition coefficient (Wildman–Crippen LogP) is 1.63. The van der Waals surface area contributed by atoms with Crippen molar-refractivity contribution < 1.29 is 9.53 Å². The lowest BCUT2D eigenvalue weighted by Crippen LogP contribution is -2.37. The molecule has 0 saturated heterocycles.